The van der Waals surface area contributed by atoms with Crippen molar-refractivity contribution in [1.29, 1.82) is 0 Å². The van der Waals surface area contributed by atoms with Crippen molar-refractivity contribution in [2.75, 3.05) is 7.11 Å². The molecule has 0 saturated carbocycles. The Kier molecular flexibility index (Phi) is 6.05. The molecule has 1 heterocycles. The Balaban J connectivity index is 2.26. The largest absolute Gasteiger partial charge is 0.481 e. The quantitative estimate of drug-likeness (QED) is 0.455. The summed E-state index contributed by atoms with van der Waals surface area (Å²) in [5, 5.41) is 2.63. The van der Waals surface area contributed by atoms with Crippen LogP contribution in [0.5, 0.6) is 5.88 Å². The van der Waals surface area contributed by atoms with Crippen molar-refractivity contribution in [3.05, 3.63) is 94.9 Å². The molecule has 0 saturated heterocycles. The second-order valence-electron chi connectivity index (χ2n) is 6.65. The number of benzene rings is 2. The Bertz CT molecular complexity index is 1010. The van der Waals surface area contributed by atoms with Gasteiger partial charge in [-0.05, 0) is 35.4 Å². The van der Waals surface area contributed by atoms with Crippen LogP contribution < -0.4 is 10.1 Å². The van der Waals surface area contributed by atoms with Gasteiger partial charge >= 0.3 is 6.18 Å². The lowest BCUT2D eigenvalue weighted by atomic mass is 9.78. The van der Waals surface area contributed by atoms with E-state index in [-0.39, 0.29) is 17.9 Å². The van der Waals surface area contributed by atoms with Crippen LogP contribution in [-0.4, -0.2) is 18.5 Å². The number of carbonyl (C=O) groups excluding carboxylic acids is 1. The van der Waals surface area contributed by atoms with Gasteiger partial charge in [0, 0.05) is 24.2 Å². The van der Waals surface area contributed by atoms with E-state index in [1.165, 1.54) is 19.4 Å². The zero-order valence-electron chi connectivity index (χ0n) is 15.9. The number of hydrogen-bond donors (Lipinski definition) is 1. The Morgan fingerprint density at radius 3 is 2.27 bits per heavy atom. The van der Waals surface area contributed by atoms with Gasteiger partial charge < -0.3 is 10.1 Å². The number of amides is 1. The first-order chi connectivity index (χ1) is 14.3. The van der Waals surface area contributed by atoms with Crippen molar-refractivity contribution in [2.24, 2.45) is 0 Å². The van der Waals surface area contributed by atoms with Gasteiger partial charge in [0.05, 0.1) is 18.2 Å². The summed E-state index contributed by atoms with van der Waals surface area (Å²) < 4.78 is 59.4. The molecule has 3 rings (SSSR count). The number of carbonyl (C=O) groups is 1. The van der Waals surface area contributed by atoms with Gasteiger partial charge in [-0.25, -0.2) is 9.37 Å². The molecule has 0 fully saturated rings. The highest BCUT2D eigenvalue weighted by atomic mass is 19.4. The second kappa shape index (κ2) is 8.52. The molecule has 0 aliphatic heterocycles. The zero-order valence-corrected chi connectivity index (χ0v) is 15.9. The SMILES string of the molecule is COc1ccc(C(Cc2ccccc2)(NC=O)c2cc(F)cc(C(F)(F)F)c2)cn1. The lowest BCUT2D eigenvalue weighted by Crippen LogP contribution is -2.45. The van der Waals surface area contributed by atoms with Gasteiger partial charge in [0.2, 0.25) is 12.3 Å². The predicted molar refractivity (Wildman–Crippen MR) is 102 cm³/mol. The molecule has 8 heteroatoms. The highest BCUT2D eigenvalue weighted by Crippen LogP contribution is 2.38. The van der Waals surface area contributed by atoms with Gasteiger partial charge in [-0.3, -0.25) is 4.79 Å². The molecule has 3 aromatic rings. The molecule has 0 spiro atoms. The Morgan fingerprint density at radius 2 is 1.70 bits per heavy atom. The zero-order chi connectivity index (χ0) is 21.8. The number of ether oxygens (including phenoxy) is 1. The summed E-state index contributed by atoms with van der Waals surface area (Å²) in [7, 11) is 1.42. The fourth-order valence-electron chi connectivity index (χ4n) is 3.34. The minimum Gasteiger partial charge on any atom is -0.481 e. The van der Waals surface area contributed by atoms with Crippen LogP contribution >= 0.6 is 0 Å². The van der Waals surface area contributed by atoms with Gasteiger partial charge in [-0.1, -0.05) is 30.3 Å². The fraction of sp³-hybridized carbons (Fsp3) is 0.182. The maximum absolute atomic E-state index is 14.3. The maximum Gasteiger partial charge on any atom is 0.416 e. The van der Waals surface area contributed by atoms with E-state index in [1.54, 1.807) is 36.4 Å². The first-order valence-corrected chi connectivity index (χ1v) is 8.92. The minimum absolute atomic E-state index is 0.0576. The van der Waals surface area contributed by atoms with E-state index >= 15 is 0 Å². The summed E-state index contributed by atoms with van der Waals surface area (Å²) in [6.07, 6.45) is -2.92. The van der Waals surface area contributed by atoms with Crippen LogP contribution in [0.25, 0.3) is 0 Å². The van der Waals surface area contributed by atoms with Crippen molar-refractivity contribution in [2.45, 2.75) is 18.1 Å². The highest BCUT2D eigenvalue weighted by molar-refractivity contribution is 5.55. The van der Waals surface area contributed by atoms with Gasteiger partial charge in [0.15, 0.2) is 0 Å². The average Bonchev–Trinajstić information content (AvgIpc) is 2.73. The number of aromatic nitrogens is 1. The molecule has 2 aromatic carbocycles. The smallest absolute Gasteiger partial charge is 0.416 e. The topological polar surface area (TPSA) is 51.2 Å². The van der Waals surface area contributed by atoms with Crippen LogP contribution in [0.2, 0.25) is 0 Å². The minimum atomic E-state index is -4.76. The molecule has 1 aromatic heterocycles. The first-order valence-electron chi connectivity index (χ1n) is 8.92. The van der Waals surface area contributed by atoms with E-state index in [4.69, 9.17) is 4.74 Å². The maximum atomic E-state index is 14.3. The van der Waals surface area contributed by atoms with Crippen molar-refractivity contribution >= 4 is 6.41 Å². The predicted octanol–water partition coefficient (Wildman–Crippen LogP) is 4.48. The van der Waals surface area contributed by atoms with Crippen LogP contribution in [-0.2, 0) is 22.9 Å². The lowest BCUT2D eigenvalue weighted by molar-refractivity contribution is -0.137. The van der Waals surface area contributed by atoms with Gasteiger partial charge in [-0.2, -0.15) is 13.2 Å². The summed E-state index contributed by atoms with van der Waals surface area (Å²) in [6.45, 7) is 0. The third-order valence-corrected chi connectivity index (χ3v) is 4.77. The number of nitrogens with zero attached hydrogens (tertiary/aromatic N) is 1. The van der Waals surface area contributed by atoms with Crippen molar-refractivity contribution in [3.8, 4) is 5.88 Å². The van der Waals surface area contributed by atoms with E-state index in [1.807, 2.05) is 0 Å². The number of alkyl halides is 3. The third kappa shape index (κ3) is 4.42. The van der Waals surface area contributed by atoms with E-state index in [9.17, 15) is 22.4 Å². The molecule has 1 amide bonds. The van der Waals surface area contributed by atoms with Crippen molar-refractivity contribution in [3.63, 3.8) is 0 Å². The van der Waals surface area contributed by atoms with Crippen molar-refractivity contribution in [1.82, 2.24) is 10.3 Å². The first kappa shape index (κ1) is 21.3. The Labute approximate surface area is 170 Å². The Morgan fingerprint density at radius 1 is 1.00 bits per heavy atom. The summed E-state index contributed by atoms with van der Waals surface area (Å²) in [6, 6.07) is 14.2. The molecule has 156 valence electrons. The van der Waals surface area contributed by atoms with Crippen LogP contribution in [0.1, 0.15) is 22.3 Å². The lowest BCUT2D eigenvalue weighted by Gasteiger charge is -2.35. The number of hydrogen-bond acceptors (Lipinski definition) is 3. The summed E-state index contributed by atoms with van der Waals surface area (Å²) in [4.78, 5) is 15.7. The molecule has 1 atom stereocenters. The number of rotatable bonds is 7. The molecule has 1 unspecified atom stereocenters. The number of pyridine rings is 1. The summed E-state index contributed by atoms with van der Waals surface area (Å²) in [5.41, 5.74) is -1.61. The van der Waals surface area contributed by atoms with Gasteiger partial charge in [-0.15, -0.1) is 0 Å². The third-order valence-electron chi connectivity index (χ3n) is 4.77. The van der Waals surface area contributed by atoms with E-state index in [0.29, 0.717) is 18.0 Å². The van der Waals surface area contributed by atoms with E-state index < -0.39 is 23.1 Å². The summed E-state index contributed by atoms with van der Waals surface area (Å²) in [5.74, 6) is -0.778. The van der Waals surface area contributed by atoms with Gasteiger partial charge in [0.1, 0.15) is 5.82 Å². The number of methoxy groups -OCH3 is 1. The van der Waals surface area contributed by atoms with E-state index in [2.05, 4.69) is 10.3 Å². The normalized spacial score (nSPS) is 13.4. The van der Waals surface area contributed by atoms with Crippen LogP contribution in [0.4, 0.5) is 17.6 Å². The summed E-state index contributed by atoms with van der Waals surface area (Å²) >= 11 is 0. The molecular formula is C22H18F4N2O2. The molecule has 30 heavy (non-hydrogen) atoms. The molecular weight excluding hydrogens is 400 g/mol. The monoisotopic (exact) mass is 418 g/mol. The average molecular weight is 418 g/mol. The standard InChI is InChI=1S/C22H18F4N2O2/c1-30-20-8-7-16(13-27-20)21(28-14-29,12-15-5-3-2-4-6-15)17-9-18(22(24,25)26)11-19(23)10-17/h2-11,13-14H,12H2,1H3,(H,28,29). The highest BCUT2D eigenvalue weighted by Gasteiger charge is 2.38. The van der Waals surface area contributed by atoms with Crippen LogP contribution in [0.3, 0.4) is 0 Å². The number of nitrogens with one attached hydrogen (secondary N) is 1. The fourth-order valence-corrected chi connectivity index (χ4v) is 3.34. The van der Waals surface area contributed by atoms with Crippen molar-refractivity contribution < 1.29 is 27.1 Å². The molecule has 0 radical (unpaired) electrons. The van der Waals surface area contributed by atoms with Crippen LogP contribution in [0.15, 0.2) is 66.9 Å². The molecule has 0 aliphatic rings. The molecule has 0 aliphatic carbocycles. The van der Waals surface area contributed by atoms with Gasteiger partial charge in [0.25, 0.3) is 0 Å². The Hall–Kier alpha value is -3.42. The second-order valence-corrected chi connectivity index (χ2v) is 6.65. The van der Waals surface area contributed by atoms with E-state index in [0.717, 1.165) is 17.7 Å². The molecule has 1 N–H and O–H groups in total. The number of halogens is 4. The molecule has 0 bridgehead atoms. The molecule has 4 nitrogen and oxygen atoms in total. The van der Waals surface area contributed by atoms with Crippen LogP contribution in [0, 0.1) is 5.82 Å².